The van der Waals surface area contributed by atoms with Crippen LogP contribution in [-0.4, -0.2) is 33.5 Å². The third-order valence-electron chi connectivity index (χ3n) is 3.05. The number of carboxylic acid groups (broad SMARTS) is 1. The van der Waals surface area contributed by atoms with Gasteiger partial charge in [0.2, 0.25) is 0 Å². The van der Waals surface area contributed by atoms with Crippen LogP contribution in [0.3, 0.4) is 0 Å². The zero-order valence-electron chi connectivity index (χ0n) is 11.5. The van der Waals surface area contributed by atoms with Crippen molar-refractivity contribution in [3.8, 4) is 5.75 Å². The van der Waals surface area contributed by atoms with E-state index in [-0.39, 0.29) is 13.0 Å². The standard InChI is InChI=1S/C15H19NO4/c1-2-8-20-14-5-3-4-13-12(14)6-7-16(13)10-11(17)9-15(18)19/h3-7,11,17H,2,8-10H2,1H3,(H,18,19). The topological polar surface area (TPSA) is 71.7 Å². The van der Waals surface area contributed by atoms with E-state index in [4.69, 9.17) is 9.84 Å². The lowest BCUT2D eigenvalue weighted by Gasteiger charge is -2.11. The fourth-order valence-electron chi connectivity index (χ4n) is 2.19. The van der Waals surface area contributed by atoms with Gasteiger partial charge in [-0.05, 0) is 24.6 Å². The molecule has 5 nitrogen and oxygen atoms in total. The zero-order chi connectivity index (χ0) is 14.5. The van der Waals surface area contributed by atoms with Gasteiger partial charge in [0, 0.05) is 18.1 Å². The zero-order valence-corrected chi connectivity index (χ0v) is 11.5. The van der Waals surface area contributed by atoms with Crippen molar-refractivity contribution in [3.63, 3.8) is 0 Å². The number of aliphatic hydroxyl groups is 1. The van der Waals surface area contributed by atoms with Crippen molar-refractivity contribution >= 4 is 16.9 Å². The van der Waals surface area contributed by atoms with Gasteiger partial charge in [-0.3, -0.25) is 4.79 Å². The summed E-state index contributed by atoms with van der Waals surface area (Å²) in [5.74, 6) is -0.184. The van der Waals surface area contributed by atoms with Gasteiger partial charge in [-0.2, -0.15) is 0 Å². The molecule has 0 aliphatic heterocycles. The highest BCUT2D eigenvalue weighted by atomic mass is 16.5. The molecule has 0 amide bonds. The number of hydrogen-bond donors (Lipinski definition) is 2. The van der Waals surface area contributed by atoms with Gasteiger partial charge < -0.3 is 19.5 Å². The van der Waals surface area contributed by atoms with Crippen molar-refractivity contribution in [2.45, 2.75) is 32.4 Å². The van der Waals surface area contributed by atoms with Crippen molar-refractivity contribution in [1.29, 1.82) is 0 Å². The first kappa shape index (κ1) is 14.4. The van der Waals surface area contributed by atoms with Crippen LogP contribution in [0.15, 0.2) is 30.5 Å². The molecule has 1 aromatic heterocycles. The number of hydrogen-bond acceptors (Lipinski definition) is 3. The summed E-state index contributed by atoms with van der Waals surface area (Å²) in [6.07, 6.45) is 1.62. The Kier molecular flexibility index (Phi) is 4.63. The highest BCUT2D eigenvalue weighted by Crippen LogP contribution is 2.27. The molecule has 5 heteroatoms. The lowest BCUT2D eigenvalue weighted by Crippen LogP contribution is -2.19. The fourth-order valence-corrected chi connectivity index (χ4v) is 2.19. The first-order valence-electron chi connectivity index (χ1n) is 6.72. The maximum absolute atomic E-state index is 10.6. The molecule has 1 atom stereocenters. The van der Waals surface area contributed by atoms with Crippen LogP contribution in [-0.2, 0) is 11.3 Å². The quantitative estimate of drug-likeness (QED) is 0.814. The predicted octanol–water partition coefficient (Wildman–Crippen LogP) is 2.27. The molecule has 2 aromatic rings. The number of aliphatic carboxylic acids is 1. The minimum Gasteiger partial charge on any atom is -0.493 e. The van der Waals surface area contributed by atoms with Gasteiger partial charge in [-0.25, -0.2) is 0 Å². The van der Waals surface area contributed by atoms with Gasteiger partial charge in [0.25, 0.3) is 0 Å². The Hall–Kier alpha value is -2.01. The van der Waals surface area contributed by atoms with Gasteiger partial charge >= 0.3 is 5.97 Å². The molecule has 1 aromatic carbocycles. The summed E-state index contributed by atoms with van der Waals surface area (Å²) >= 11 is 0. The molecule has 2 rings (SSSR count). The number of fused-ring (bicyclic) bond motifs is 1. The number of nitrogens with zero attached hydrogens (tertiary/aromatic N) is 1. The van der Waals surface area contributed by atoms with Gasteiger partial charge in [0.1, 0.15) is 5.75 Å². The molecule has 0 aliphatic carbocycles. The number of rotatable bonds is 7. The van der Waals surface area contributed by atoms with Crippen LogP contribution in [0.5, 0.6) is 5.75 Å². The molecule has 0 saturated carbocycles. The van der Waals surface area contributed by atoms with Crippen LogP contribution < -0.4 is 4.74 Å². The normalized spacial score (nSPS) is 12.5. The smallest absolute Gasteiger partial charge is 0.306 e. The minimum atomic E-state index is -0.999. The summed E-state index contributed by atoms with van der Waals surface area (Å²) in [6, 6.07) is 7.67. The Morgan fingerprint density at radius 3 is 2.90 bits per heavy atom. The van der Waals surface area contributed by atoms with Crippen molar-refractivity contribution in [2.24, 2.45) is 0 Å². The lowest BCUT2D eigenvalue weighted by atomic mass is 10.2. The Morgan fingerprint density at radius 2 is 2.20 bits per heavy atom. The summed E-state index contributed by atoms with van der Waals surface area (Å²) in [5.41, 5.74) is 0.933. The molecule has 0 fully saturated rings. The highest BCUT2D eigenvalue weighted by molar-refractivity contribution is 5.86. The maximum atomic E-state index is 10.6. The third-order valence-corrected chi connectivity index (χ3v) is 3.05. The maximum Gasteiger partial charge on any atom is 0.306 e. The average Bonchev–Trinajstić information content (AvgIpc) is 2.79. The molecule has 0 aliphatic rings. The largest absolute Gasteiger partial charge is 0.493 e. The highest BCUT2D eigenvalue weighted by Gasteiger charge is 2.12. The molecule has 20 heavy (non-hydrogen) atoms. The van der Waals surface area contributed by atoms with Crippen molar-refractivity contribution in [3.05, 3.63) is 30.5 Å². The van der Waals surface area contributed by atoms with E-state index in [1.54, 1.807) is 0 Å². The summed E-state index contributed by atoms with van der Waals surface area (Å²) in [7, 11) is 0. The molecule has 1 unspecified atom stereocenters. The molecular weight excluding hydrogens is 258 g/mol. The number of carboxylic acids is 1. The Morgan fingerprint density at radius 1 is 1.40 bits per heavy atom. The van der Waals surface area contributed by atoms with Crippen molar-refractivity contribution < 1.29 is 19.7 Å². The first-order chi connectivity index (χ1) is 9.61. The average molecular weight is 277 g/mol. The van der Waals surface area contributed by atoms with Crippen LogP contribution >= 0.6 is 0 Å². The molecule has 0 radical (unpaired) electrons. The number of aliphatic hydroxyl groups excluding tert-OH is 1. The molecule has 108 valence electrons. The summed E-state index contributed by atoms with van der Waals surface area (Å²) in [5, 5.41) is 19.4. The van der Waals surface area contributed by atoms with E-state index in [0.717, 1.165) is 23.1 Å². The monoisotopic (exact) mass is 277 g/mol. The molecule has 2 N–H and O–H groups in total. The Labute approximate surface area is 117 Å². The van der Waals surface area contributed by atoms with Crippen molar-refractivity contribution in [1.82, 2.24) is 4.57 Å². The molecule has 0 spiro atoms. The second-order valence-electron chi connectivity index (χ2n) is 4.76. The van der Waals surface area contributed by atoms with E-state index < -0.39 is 12.1 Å². The van der Waals surface area contributed by atoms with Crippen LogP contribution in [0.25, 0.3) is 10.9 Å². The number of aromatic nitrogens is 1. The van der Waals surface area contributed by atoms with E-state index in [1.165, 1.54) is 0 Å². The van der Waals surface area contributed by atoms with Crippen LogP contribution in [0, 0.1) is 0 Å². The van der Waals surface area contributed by atoms with Gasteiger partial charge in [-0.1, -0.05) is 13.0 Å². The van der Waals surface area contributed by atoms with Crippen LogP contribution in [0.4, 0.5) is 0 Å². The number of carbonyl (C=O) groups is 1. The number of benzene rings is 1. The lowest BCUT2D eigenvalue weighted by molar-refractivity contribution is -0.139. The molecule has 1 heterocycles. The Balaban J connectivity index is 2.21. The van der Waals surface area contributed by atoms with Crippen molar-refractivity contribution in [2.75, 3.05) is 6.61 Å². The molecular formula is C15H19NO4. The van der Waals surface area contributed by atoms with E-state index in [9.17, 15) is 9.90 Å². The second kappa shape index (κ2) is 6.43. The third kappa shape index (κ3) is 3.30. The molecule has 0 saturated heterocycles. The summed E-state index contributed by atoms with van der Waals surface area (Å²) < 4.78 is 7.53. The van der Waals surface area contributed by atoms with E-state index in [1.807, 2.05) is 42.0 Å². The SMILES string of the molecule is CCCOc1cccc2c1ccn2CC(O)CC(=O)O. The fraction of sp³-hybridized carbons (Fsp3) is 0.400. The van der Waals surface area contributed by atoms with Gasteiger partial charge in [0.15, 0.2) is 0 Å². The Bertz CT molecular complexity index is 591. The van der Waals surface area contributed by atoms with E-state index in [0.29, 0.717) is 6.61 Å². The van der Waals surface area contributed by atoms with Crippen LogP contribution in [0.2, 0.25) is 0 Å². The molecule has 0 bridgehead atoms. The summed E-state index contributed by atoms with van der Waals surface area (Å²) in [4.78, 5) is 10.6. The first-order valence-corrected chi connectivity index (χ1v) is 6.72. The van der Waals surface area contributed by atoms with Crippen LogP contribution in [0.1, 0.15) is 19.8 Å². The van der Waals surface area contributed by atoms with Gasteiger partial charge in [-0.15, -0.1) is 0 Å². The minimum absolute atomic E-state index is 0.257. The predicted molar refractivity (Wildman–Crippen MR) is 76.0 cm³/mol. The van der Waals surface area contributed by atoms with Gasteiger partial charge in [0.05, 0.1) is 24.6 Å². The second-order valence-corrected chi connectivity index (χ2v) is 4.76. The summed E-state index contributed by atoms with van der Waals surface area (Å²) in [6.45, 7) is 2.96. The van der Waals surface area contributed by atoms with E-state index in [2.05, 4.69) is 0 Å². The van der Waals surface area contributed by atoms with E-state index >= 15 is 0 Å². The number of ether oxygens (including phenoxy) is 1.